The molecule has 0 saturated heterocycles. The number of hydrogen-bond donors (Lipinski definition) is 2. The summed E-state index contributed by atoms with van der Waals surface area (Å²) in [5.41, 5.74) is 2.54. The Balaban J connectivity index is 0.00000162. The van der Waals surface area contributed by atoms with Crippen LogP contribution in [0.5, 0.6) is 0 Å². The van der Waals surface area contributed by atoms with E-state index in [1.165, 1.54) is 11.1 Å². The van der Waals surface area contributed by atoms with E-state index in [0.29, 0.717) is 12.6 Å². The molecule has 1 aliphatic rings. The first-order valence-corrected chi connectivity index (χ1v) is 6.25. The lowest BCUT2D eigenvalue weighted by Crippen LogP contribution is -2.39. The minimum Gasteiger partial charge on any atom is -0.354 e. The predicted molar refractivity (Wildman–Crippen MR) is 76.3 cm³/mol. The highest BCUT2D eigenvalue weighted by Gasteiger charge is 2.27. The number of aryl methyl sites for hydroxylation is 1. The molecule has 0 fully saturated rings. The Labute approximate surface area is 115 Å². The summed E-state index contributed by atoms with van der Waals surface area (Å²) >= 11 is 0. The van der Waals surface area contributed by atoms with Gasteiger partial charge in [0.1, 0.15) is 0 Å². The molecule has 1 aromatic carbocycles. The maximum atomic E-state index is 12.1. The van der Waals surface area contributed by atoms with E-state index in [1.807, 2.05) is 19.2 Å². The summed E-state index contributed by atoms with van der Waals surface area (Å²) in [6.07, 6.45) is 1.97. The molecular formula is C14H21ClN2O. The van der Waals surface area contributed by atoms with Crippen LogP contribution >= 0.6 is 12.4 Å². The van der Waals surface area contributed by atoms with E-state index in [1.54, 1.807) is 0 Å². The second-order valence-corrected chi connectivity index (χ2v) is 4.72. The zero-order chi connectivity index (χ0) is 12.3. The number of nitrogens with one attached hydrogen (secondary N) is 2. The number of carbonyl (C=O) groups is 1. The van der Waals surface area contributed by atoms with Crippen molar-refractivity contribution in [2.75, 3.05) is 13.6 Å². The highest BCUT2D eigenvalue weighted by molar-refractivity contribution is 5.85. The third-order valence-corrected chi connectivity index (χ3v) is 3.52. The van der Waals surface area contributed by atoms with E-state index in [9.17, 15) is 4.79 Å². The summed E-state index contributed by atoms with van der Waals surface area (Å²) in [5, 5.41) is 6.13. The van der Waals surface area contributed by atoms with E-state index in [0.717, 1.165) is 12.8 Å². The smallest absolute Gasteiger partial charge is 0.227 e. The van der Waals surface area contributed by atoms with Crippen LogP contribution < -0.4 is 10.6 Å². The first-order chi connectivity index (χ1) is 8.22. The van der Waals surface area contributed by atoms with Crippen LogP contribution in [0.4, 0.5) is 0 Å². The Morgan fingerprint density at radius 2 is 2.17 bits per heavy atom. The van der Waals surface area contributed by atoms with Gasteiger partial charge in [0.25, 0.3) is 0 Å². The molecule has 0 saturated carbocycles. The maximum absolute atomic E-state index is 12.1. The lowest BCUT2D eigenvalue weighted by Gasteiger charge is -2.15. The van der Waals surface area contributed by atoms with Crippen molar-refractivity contribution in [2.24, 2.45) is 0 Å². The Hall–Kier alpha value is -1.06. The first kappa shape index (κ1) is 15.0. The van der Waals surface area contributed by atoms with Crippen LogP contribution in [0.15, 0.2) is 24.3 Å². The molecule has 1 amide bonds. The highest BCUT2D eigenvalue weighted by Crippen LogP contribution is 2.32. The third kappa shape index (κ3) is 3.24. The van der Waals surface area contributed by atoms with Gasteiger partial charge in [-0.3, -0.25) is 4.79 Å². The first-order valence-electron chi connectivity index (χ1n) is 6.25. The number of rotatable bonds is 4. The monoisotopic (exact) mass is 268 g/mol. The third-order valence-electron chi connectivity index (χ3n) is 3.52. The molecule has 2 unspecified atom stereocenters. The fourth-order valence-corrected chi connectivity index (χ4v) is 2.31. The summed E-state index contributed by atoms with van der Waals surface area (Å²) in [4.78, 5) is 12.1. The maximum Gasteiger partial charge on any atom is 0.227 e. The van der Waals surface area contributed by atoms with E-state index in [4.69, 9.17) is 0 Å². The second-order valence-electron chi connectivity index (χ2n) is 4.72. The SMILES string of the molecule is CNC(C)CNC(=O)C1CCc2ccccc21.Cl. The van der Waals surface area contributed by atoms with Crippen molar-refractivity contribution in [3.8, 4) is 0 Å². The molecule has 2 rings (SSSR count). The van der Waals surface area contributed by atoms with Crippen LogP contribution in [0, 0.1) is 0 Å². The number of hydrogen-bond acceptors (Lipinski definition) is 2. The summed E-state index contributed by atoms with van der Waals surface area (Å²) in [5.74, 6) is 0.215. The highest BCUT2D eigenvalue weighted by atomic mass is 35.5. The largest absolute Gasteiger partial charge is 0.354 e. The molecule has 4 heteroatoms. The molecule has 0 bridgehead atoms. The molecule has 1 aromatic rings. The number of fused-ring (bicyclic) bond motifs is 1. The lowest BCUT2D eigenvalue weighted by atomic mass is 10.0. The topological polar surface area (TPSA) is 41.1 Å². The normalized spacial score (nSPS) is 18.7. The molecule has 0 aliphatic heterocycles. The zero-order valence-corrected chi connectivity index (χ0v) is 11.7. The molecule has 2 N–H and O–H groups in total. The van der Waals surface area contributed by atoms with Gasteiger partial charge in [-0.15, -0.1) is 12.4 Å². The molecule has 0 heterocycles. The van der Waals surface area contributed by atoms with Crippen LogP contribution in [0.1, 0.15) is 30.4 Å². The van der Waals surface area contributed by atoms with Gasteiger partial charge in [0, 0.05) is 12.6 Å². The van der Waals surface area contributed by atoms with E-state index < -0.39 is 0 Å². The summed E-state index contributed by atoms with van der Waals surface area (Å²) in [7, 11) is 1.90. The zero-order valence-electron chi connectivity index (χ0n) is 10.9. The molecule has 0 radical (unpaired) electrons. The van der Waals surface area contributed by atoms with Gasteiger partial charge in [-0.2, -0.15) is 0 Å². The predicted octanol–water partition coefficient (Wildman–Crippen LogP) is 1.86. The van der Waals surface area contributed by atoms with Crippen molar-refractivity contribution in [1.29, 1.82) is 0 Å². The molecule has 100 valence electrons. The molecule has 1 aliphatic carbocycles. The van der Waals surface area contributed by atoms with Gasteiger partial charge in [-0.25, -0.2) is 0 Å². The average Bonchev–Trinajstić information content (AvgIpc) is 2.79. The fraction of sp³-hybridized carbons (Fsp3) is 0.500. The number of carbonyl (C=O) groups excluding carboxylic acids is 1. The van der Waals surface area contributed by atoms with Crippen LogP contribution in [0.25, 0.3) is 0 Å². The molecular weight excluding hydrogens is 248 g/mol. The Morgan fingerprint density at radius 3 is 2.89 bits per heavy atom. The number of benzene rings is 1. The number of amides is 1. The van der Waals surface area contributed by atoms with Crippen LogP contribution in [-0.4, -0.2) is 25.5 Å². The molecule has 3 nitrogen and oxygen atoms in total. The van der Waals surface area contributed by atoms with Gasteiger partial charge in [0.15, 0.2) is 0 Å². The van der Waals surface area contributed by atoms with Crippen LogP contribution in [0.2, 0.25) is 0 Å². The minimum absolute atomic E-state index is 0. The average molecular weight is 269 g/mol. The van der Waals surface area contributed by atoms with Crippen molar-refractivity contribution in [1.82, 2.24) is 10.6 Å². The Kier molecular flexibility index (Phi) is 5.63. The Morgan fingerprint density at radius 1 is 1.44 bits per heavy atom. The quantitative estimate of drug-likeness (QED) is 0.875. The van der Waals surface area contributed by atoms with Crippen molar-refractivity contribution < 1.29 is 4.79 Å². The molecule has 0 aromatic heterocycles. The van der Waals surface area contributed by atoms with E-state index in [-0.39, 0.29) is 24.2 Å². The van der Waals surface area contributed by atoms with Gasteiger partial charge in [0.05, 0.1) is 5.92 Å². The van der Waals surface area contributed by atoms with E-state index in [2.05, 4.69) is 29.7 Å². The molecule has 18 heavy (non-hydrogen) atoms. The second kappa shape index (κ2) is 6.76. The van der Waals surface area contributed by atoms with Gasteiger partial charge < -0.3 is 10.6 Å². The summed E-state index contributed by atoms with van der Waals surface area (Å²) < 4.78 is 0. The van der Waals surface area contributed by atoms with Crippen molar-refractivity contribution >= 4 is 18.3 Å². The van der Waals surface area contributed by atoms with Crippen LogP contribution in [-0.2, 0) is 11.2 Å². The fourth-order valence-electron chi connectivity index (χ4n) is 2.31. The summed E-state index contributed by atoms with van der Waals surface area (Å²) in [6.45, 7) is 2.75. The molecule has 0 spiro atoms. The van der Waals surface area contributed by atoms with Gasteiger partial charge >= 0.3 is 0 Å². The van der Waals surface area contributed by atoms with Crippen molar-refractivity contribution in [3.63, 3.8) is 0 Å². The van der Waals surface area contributed by atoms with Gasteiger partial charge in [-0.05, 0) is 37.9 Å². The minimum atomic E-state index is 0. The number of halogens is 1. The summed E-state index contributed by atoms with van der Waals surface area (Å²) in [6, 6.07) is 8.58. The number of likely N-dealkylation sites (N-methyl/N-ethyl adjacent to an activating group) is 1. The van der Waals surface area contributed by atoms with Gasteiger partial charge in [-0.1, -0.05) is 24.3 Å². The van der Waals surface area contributed by atoms with E-state index >= 15 is 0 Å². The van der Waals surface area contributed by atoms with Crippen molar-refractivity contribution in [3.05, 3.63) is 35.4 Å². The lowest BCUT2D eigenvalue weighted by molar-refractivity contribution is -0.122. The standard InChI is InChI=1S/C14H20N2O.ClH/c1-10(15-2)9-16-14(17)13-8-7-11-5-3-4-6-12(11)13;/h3-6,10,13,15H,7-9H2,1-2H3,(H,16,17);1H. The van der Waals surface area contributed by atoms with Crippen molar-refractivity contribution in [2.45, 2.75) is 31.7 Å². The molecule has 2 atom stereocenters. The van der Waals surface area contributed by atoms with Gasteiger partial charge in [0.2, 0.25) is 5.91 Å². The van der Waals surface area contributed by atoms with Crippen LogP contribution in [0.3, 0.4) is 0 Å². The Bertz CT molecular complexity index is 409.